The fourth-order valence-corrected chi connectivity index (χ4v) is 1.88. The Labute approximate surface area is 129 Å². The zero-order chi connectivity index (χ0) is 15.7. The van der Waals surface area contributed by atoms with Gasteiger partial charge in [0.2, 0.25) is 0 Å². The van der Waals surface area contributed by atoms with Crippen LogP contribution in [0, 0.1) is 0 Å². The lowest BCUT2D eigenvalue weighted by atomic mass is 10.2. The van der Waals surface area contributed by atoms with Gasteiger partial charge in [-0.1, -0.05) is 11.6 Å². The molecule has 0 saturated heterocycles. The first-order valence-corrected chi connectivity index (χ1v) is 6.90. The van der Waals surface area contributed by atoms with Crippen LogP contribution in [-0.4, -0.2) is 58.9 Å². The van der Waals surface area contributed by atoms with Crippen LogP contribution in [0.3, 0.4) is 0 Å². The Bertz CT molecular complexity index is 430. The molecule has 6 nitrogen and oxygen atoms in total. The van der Waals surface area contributed by atoms with Gasteiger partial charge in [0.05, 0.1) is 50.9 Å². The lowest BCUT2D eigenvalue weighted by Crippen LogP contribution is -2.25. The van der Waals surface area contributed by atoms with E-state index in [2.05, 4.69) is 5.32 Å². The summed E-state index contributed by atoms with van der Waals surface area (Å²) >= 11 is 6.03. The van der Waals surface area contributed by atoms with Gasteiger partial charge in [0.1, 0.15) is 11.5 Å². The van der Waals surface area contributed by atoms with E-state index in [1.807, 2.05) is 0 Å². The molecule has 0 fully saturated rings. The molecule has 1 aromatic rings. The first-order chi connectivity index (χ1) is 10.1. The number of nitrogens with one attached hydrogen (secondary N) is 1. The molecular weight excluding hydrogens is 298 g/mol. The summed E-state index contributed by atoms with van der Waals surface area (Å²) in [6, 6.07) is 3.38. The molecule has 0 radical (unpaired) electrons. The van der Waals surface area contributed by atoms with Crippen LogP contribution in [-0.2, 0) is 9.47 Å². The van der Waals surface area contributed by atoms with Crippen molar-refractivity contribution >= 4 is 17.3 Å². The van der Waals surface area contributed by atoms with E-state index in [4.69, 9.17) is 30.5 Å². The molecule has 0 aliphatic carbocycles. The summed E-state index contributed by atoms with van der Waals surface area (Å²) in [5.74, 6) is 1.11. The third-order valence-corrected chi connectivity index (χ3v) is 3.04. The number of methoxy groups -OCH3 is 3. The second-order valence-corrected chi connectivity index (χ2v) is 4.70. The van der Waals surface area contributed by atoms with Crippen LogP contribution < -0.4 is 14.8 Å². The molecule has 2 N–H and O–H groups in total. The number of hydrogen-bond acceptors (Lipinski definition) is 6. The summed E-state index contributed by atoms with van der Waals surface area (Å²) in [4.78, 5) is 0. The van der Waals surface area contributed by atoms with E-state index in [1.165, 1.54) is 7.11 Å². The summed E-state index contributed by atoms with van der Waals surface area (Å²) in [6.07, 6.45) is -0.645. The van der Waals surface area contributed by atoms with Gasteiger partial charge < -0.3 is 29.4 Å². The number of benzene rings is 1. The molecule has 1 unspecified atom stereocenters. The number of halogens is 1. The number of ether oxygens (including phenoxy) is 4. The van der Waals surface area contributed by atoms with E-state index >= 15 is 0 Å². The first-order valence-electron chi connectivity index (χ1n) is 6.52. The van der Waals surface area contributed by atoms with Crippen molar-refractivity contribution in [3.63, 3.8) is 0 Å². The Morgan fingerprint density at radius 1 is 1.14 bits per heavy atom. The van der Waals surface area contributed by atoms with E-state index in [9.17, 15) is 5.11 Å². The molecule has 0 amide bonds. The molecule has 7 heteroatoms. The minimum atomic E-state index is -0.645. The van der Waals surface area contributed by atoms with Gasteiger partial charge in [-0.15, -0.1) is 0 Å². The zero-order valence-electron chi connectivity index (χ0n) is 12.5. The van der Waals surface area contributed by atoms with Gasteiger partial charge in [-0.25, -0.2) is 0 Å². The Kier molecular flexibility index (Phi) is 8.22. The van der Waals surface area contributed by atoms with Crippen molar-refractivity contribution in [3.05, 3.63) is 17.2 Å². The molecule has 1 aromatic carbocycles. The fourth-order valence-electron chi connectivity index (χ4n) is 1.65. The van der Waals surface area contributed by atoms with Crippen molar-refractivity contribution in [2.75, 3.05) is 53.0 Å². The number of aliphatic hydroxyl groups is 1. The van der Waals surface area contributed by atoms with E-state index < -0.39 is 6.10 Å². The molecule has 0 aromatic heterocycles. The van der Waals surface area contributed by atoms with Crippen molar-refractivity contribution in [1.82, 2.24) is 0 Å². The van der Waals surface area contributed by atoms with Gasteiger partial charge in [0.15, 0.2) is 0 Å². The summed E-state index contributed by atoms with van der Waals surface area (Å²) in [5.41, 5.74) is 0.690. The van der Waals surface area contributed by atoms with Crippen LogP contribution in [0.2, 0.25) is 5.02 Å². The Hall–Kier alpha value is -1.21. The number of aliphatic hydroxyl groups excluding tert-OH is 1. The number of anilines is 1. The topological polar surface area (TPSA) is 69.2 Å². The third kappa shape index (κ3) is 5.97. The summed E-state index contributed by atoms with van der Waals surface area (Å²) < 4.78 is 20.5. The standard InChI is InChI=1S/C14H22ClNO5/c1-18-4-5-21-9-10(17)8-16-12-7-13(19-2)11(15)6-14(12)20-3/h6-7,10,16-17H,4-5,8-9H2,1-3H3. The molecule has 1 atom stereocenters. The maximum atomic E-state index is 9.83. The second-order valence-electron chi connectivity index (χ2n) is 4.29. The molecule has 120 valence electrons. The highest BCUT2D eigenvalue weighted by Gasteiger charge is 2.11. The van der Waals surface area contributed by atoms with Gasteiger partial charge >= 0.3 is 0 Å². The molecule has 1 rings (SSSR count). The molecule has 0 saturated carbocycles. The van der Waals surface area contributed by atoms with Crippen molar-refractivity contribution in [2.24, 2.45) is 0 Å². The number of rotatable bonds is 10. The Balaban J connectivity index is 2.53. The predicted octanol–water partition coefficient (Wildman–Crippen LogP) is 1.79. The summed E-state index contributed by atoms with van der Waals surface area (Å²) in [6.45, 7) is 1.49. The van der Waals surface area contributed by atoms with Gasteiger partial charge in [0.25, 0.3) is 0 Å². The Morgan fingerprint density at radius 2 is 1.86 bits per heavy atom. The van der Waals surface area contributed by atoms with Crippen molar-refractivity contribution < 1.29 is 24.1 Å². The highest BCUT2D eigenvalue weighted by molar-refractivity contribution is 6.32. The lowest BCUT2D eigenvalue weighted by Gasteiger charge is -2.16. The van der Waals surface area contributed by atoms with E-state index in [1.54, 1.807) is 26.4 Å². The first kappa shape index (κ1) is 17.8. The largest absolute Gasteiger partial charge is 0.495 e. The van der Waals surface area contributed by atoms with Gasteiger partial charge in [-0.05, 0) is 0 Å². The van der Waals surface area contributed by atoms with Gasteiger partial charge in [-0.2, -0.15) is 0 Å². The smallest absolute Gasteiger partial charge is 0.143 e. The van der Waals surface area contributed by atoms with Crippen molar-refractivity contribution in [2.45, 2.75) is 6.10 Å². The molecule has 0 heterocycles. The quantitative estimate of drug-likeness (QED) is 0.641. The molecular formula is C14H22ClNO5. The van der Waals surface area contributed by atoms with Crippen LogP contribution in [0.4, 0.5) is 5.69 Å². The van der Waals surface area contributed by atoms with Crippen LogP contribution in [0.15, 0.2) is 12.1 Å². The maximum Gasteiger partial charge on any atom is 0.143 e. The SMILES string of the molecule is COCCOCC(O)CNc1cc(OC)c(Cl)cc1OC. The average Bonchev–Trinajstić information content (AvgIpc) is 2.49. The zero-order valence-corrected chi connectivity index (χ0v) is 13.3. The second kappa shape index (κ2) is 9.68. The Morgan fingerprint density at radius 3 is 2.48 bits per heavy atom. The maximum absolute atomic E-state index is 9.83. The van der Waals surface area contributed by atoms with E-state index in [-0.39, 0.29) is 6.61 Å². The van der Waals surface area contributed by atoms with Crippen molar-refractivity contribution in [3.8, 4) is 11.5 Å². The number of hydrogen-bond donors (Lipinski definition) is 2. The third-order valence-electron chi connectivity index (χ3n) is 2.74. The van der Waals surface area contributed by atoms with Gasteiger partial charge in [0, 0.05) is 25.8 Å². The molecule has 0 aliphatic heterocycles. The monoisotopic (exact) mass is 319 g/mol. The molecule has 21 heavy (non-hydrogen) atoms. The van der Waals surface area contributed by atoms with Crippen LogP contribution in [0.5, 0.6) is 11.5 Å². The highest BCUT2D eigenvalue weighted by Crippen LogP contribution is 2.35. The molecule has 0 aliphatic rings. The minimum absolute atomic E-state index is 0.226. The molecule has 0 bridgehead atoms. The average molecular weight is 320 g/mol. The summed E-state index contributed by atoms with van der Waals surface area (Å²) in [7, 11) is 4.69. The fraction of sp³-hybridized carbons (Fsp3) is 0.571. The normalized spacial score (nSPS) is 12.0. The molecule has 0 spiro atoms. The van der Waals surface area contributed by atoms with E-state index in [0.717, 1.165) is 0 Å². The highest BCUT2D eigenvalue weighted by atomic mass is 35.5. The van der Waals surface area contributed by atoms with Crippen LogP contribution in [0.1, 0.15) is 0 Å². The lowest BCUT2D eigenvalue weighted by molar-refractivity contribution is 0.0182. The van der Waals surface area contributed by atoms with Gasteiger partial charge in [-0.3, -0.25) is 0 Å². The predicted molar refractivity (Wildman–Crippen MR) is 81.7 cm³/mol. The van der Waals surface area contributed by atoms with Crippen LogP contribution >= 0.6 is 11.6 Å². The van der Waals surface area contributed by atoms with Crippen molar-refractivity contribution in [1.29, 1.82) is 0 Å². The van der Waals surface area contributed by atoms with Crippen LogP contribution in [0.25, 0.3) is 0 Å². The minimum Gasteiger partial charge on any atom is -0.495 e. The van der Waals surface area contributed by atoms with E-state index in [0.29, 0.717) is 42.0 Å². The summed E-state index contributed by atoms with van der Waals surface area (Å²) in [5, 5.41) is 13.4.